The Morgan fingerprint density at radius 2 is 2.24 bits per heavy atom. The zero-order valence-corrected chi connectivity index (χ0v) is 12.0. The molecular formula is C14H30N2O. The maximum Gasteiger partial charge on any atom is 0.0589 e. The highest BCUT2D eigenvalue weighted by molar-refractivity contribution is 4.94. The van der Waals surface area contributed by atoms with Crippen LogP contribution in [0.1, 0.15) is 46.5 Å². The minimum Gasteiger partial charge on any atom is -0.383 e. The molecule has 1 rings (SSSR count). The van der Waals surface area contributed by atoms with Gasteiger partial charge in [0.15, 0.2) is 0 Å². The van der Waals surface area contributed by atoms with Crippen LogP contribution in [0.25, 0.3) is 0 Å². The van der Waals surface area contributed by atoms with Gasteiger partial charge in [0.25, 0.3) is 0 Å². The van der Waals surface area contributed by atoms with E-state index in [0.717, 1.165) is 19.7 Å². The molecule has 0 amide bonds. The predicted molar refractivity (Wildman–Crippen MR) is 73.1 cm³/mol. The van der Waals surface area contributed by atoms with E-state index in [1.807, 2.05) is 0 Å². The molecule has 1 fully saturated rings. The van der Waals surface area contributed by atoms with Crippen LogP contribution < -0.4 is 5.73 Å². The number of hydrogen-bond donors (Lipinski definition) is 1. The lowest BCUT2D eigenvalue weighted by molar-refractivity contribution is 0.0798. The van der Waals surface area contributed by atoms with Gasteiger partial charge in [0.2, 0.25) is 0 Å². The standard InChI is InChI=1S/C14H30N2O/c1-5-12(2)16(9-10-17-4)11-14(3)8-6-7-13(14)15/h12-13H,5-11,15H2,1-4H3. The quantitative estimate of drug-likeness (QED) is 0.744. The van der Waals surface area contributed by atoms with Gasteiger partial charge in [-0.3, -0.25) is 4.90 Å². The van der Waals surface area contributed by atoms with Crippen LogP contribution in [0.2, 0.25) is 0 Å². The fourth-order valence-electron chi connectivity index (χ4n) is 2.84. The minimum atomic E-state index is 0.303. The third-order valence-electron chi connectivity index (χ3n) is 4.52. The number of ether oxygens (including phenoxy) is 1. The molecule has 3 atom stereocenters. The van der Waals surface area contributed by atoms with E-state index < -0.39 is 0 Å². The van der Waals surface area contributed by atoms with Crippen molar-refractivity contribution in [3.8, 4) is 0 Å². The Labute approximate surface area is 107 Å². The molecule has 3 nitrogen and oxygen atoms in total. The SMILES string of the molecule is CCC(C)N(CCOC)CC1(C)CCCC1N. The van der Waals surface area contributed by atoms with Gasteiger partial charge in [0, 0.05) is 32.3 Å². The van der Waals surface area contributed by atoms with Crippen LogP contribution in [0.5, 0.6) is 0 Å². The second kappa shape index (κ2) is 6.72. The molecule has 0 spiro atoms. The third kappa shape index (κ3) is 3.94. The van der Waals surface area contributed by atoms with Crippen molar-refractivity contribution in [2.45, 2.75) is 58.5 Å². The summed E-state index contributed by atoms with van der Waals surface area (Å²) in [6, 6.07) is 0.992. The summed E-state index contributed by atoms with van der Waals surface area (Å²) in [6.45, 7) is 9.86. The summed E-state index contributed by atoms with van der Waals surface area (Å²) >= 11 is 0. The van der Waals surface area contributed by atoms with Crippen molar-refractivity contribution >= 4 is 0 Å². The highest BCUT2D eigenvalue weighted by Gasteiger charge is 2.38. The van der Waals surface area contributed by atoms with Gasteiger partial charge in [-0.25, -0.2) is 0 Å². The molecule has 0 radical (unpaired) electrons. The zero-order chi connectivity index (χ0) is 12.9. The molecular weight excluding hydrogens is 212 g/mol. The second-order valence-corrected chi connectivity index (χ2v) is 5.87. The Balaban J connectivity index is 2.58. The number of nitrogens with zero attached hydrogens (tertiary/aromatic N) is 1. The van der Waals surface area contributed by atoms with Crippen LogP contribution in [0.15, 0.2) is 0 Å². The molecule has 0 bridgehead atoms. The van der Waals surface area contributed by atoms with E-state index in [1.165, 1.54) is 25.7 Å². The van der Waals surface area contributed by atoms with E-state index in [9.17, 15) is 0 Å². The van der Waals surface area contributed by atoms with Crippen LogP contribution in [-0.4, -0.2) is 43.8 Å². The molecule has 3 heteroatoms. The normalized spacial score (nSPS) is 31.1. The summed E-state index contributed by atoms with van der Waals surface area (Å²) in [5, 5.41) is 0. The van der Waals surface area contributed by atoms with Crippen molar-refractivity contribution in [3.05, 3.63) is 0 Å². The number of hydrogen-bond acceptors (Lipinski definition) is 3. The third-order valence-corrected chi connectivity index (χ3v) is 4.52. The van der Waals surface area contributed by atoms with Crippen molar-refractivity contribution in [2.24, 2.45) is 11.1 Å². The lowest BCUT2D eigenvalue weighted by Gasteiger charge is -2.38. The minimum absolute atomic E-state index is 0.303. The van der Waals surface area contributed by atoms with Gasteiger partial charge in [0.1, 0.15) is 0 Å². The van der Waals surface area contributed by atoms with Crippen LogP contribution >= 0.6 is 0 Å². The van der Waals surface area contributed by atoms with E-state index in [2.05, 4.69) is 25.7 Å². The molecule has 1 saturated carbocycles. The summed E-state index contributed by atoms with van der Waals surface area (Å²) in [5.41, 5.74) is 6.58. The summed E-state index contributed by atoms with van der Waals surface area (Å²) in [4.78, 5) is 2.55. The zero-order valence-electron chi connectivity index (χ0n) is 12.0. The topological polar surface area (TPSA) is 38.5 Å². The van der Waals surface area contributed by atoms with E-state index in [0.29, 0.717) is 17.5 Å². The van der Waals surface area contributed by atoms with Gasteiger partial charge in [-0.05, 0) is 31.6 Å². The molecule has 2 N–H and O–H groups in total. The van der Waals surface area contributed by atoms with E-state index in [4.69, 9.17) is 10.5 Å². The fourth-order valence-corrected chi connectivity index (χ4v) is 2.84. The van der Waals surface area contributed by atoms with Gasteiger partial charge < -0.3 is 10.5 Å². The average Bonchev–Trinajstić information content (AvgIpc) is 2.64. The average molecular weight is 242 g/mol. The van der Waals surface area contributed by atoms with E-state index in [-0.39, 0.29) is 0 Å². The van der Waals surface area contributed by atoms with Crippen molar-refractivity contribution in [3.63, 3.8) is 0 Å². The molecule has 0 aliphatic heterocycles. The van der Waals surface area contributed by atoms with Gasteiger partial charge in [-0.2, -0.15) is 0 Å². The maximum absolute atomic E-state index is 6.27. The molecule has 0 aromatic heterocycles. The van der Waals surface area contributed by atoms with Crippen molar-refractivity contribution in [1.82, 2.24) is 4.90 Å². The van der Waals surface area contributed by atoms with Gasteiger partial charge in [-0.15, -0.1) is 0 Å². The van der Waals surface area contributed by atoms with Crippen LogP contribution in [0, 0.1) is 5.41 Å². The fraction of sp³-hybridized carbons (Fsp3) is 1.00. The molecule has 17 heavy (non-hydrogen) atoms. The highest BCUT2D eigenvalue weighted by atomic mass is 16.5. The Hall–Kier alpha value is -0.120. The Kier molecular flexibility index (Phi) is 5.90. The first-order valence-corrected chi connectivity index (χ1v) is 7.02. The monoisotopic (exact) mass is 242 g/mol. The predicted octanol–water partition coefficient (Wildman–Crippen LogP) is 2.25. The Bertz CT molecular complexity index is 222. The number of rotatable bonds is 7. The maximum atomic E-state index is 6.27. The molecule has 3 unspecified atom stereocenters. The Morgan fingerprint density at radius 3 is 2.71 bits per heavy atom. The lowest BCUT2D eigenvalue weighted by Crippen LogP contribution is -2.48. The van der Waals surface area contributed by atoms with Crippen LogP contribution in [0.4, 0.5) is 0 Å². The molecule has 0 saturated heterocycles. The second-order valence-electron chi connectivity index (χ2n) is 5.87. The first-order valence-electron chi connectivity index (χ1n) is 7.02. The van der Waals surface area contributed by atoms with Crippen LogP contribution in [-0.2, 0) is 4.74 Å². The molecule has 1 aliphatic rings. The summed E-state index contributed by atoms with van der Waals surface area (Å²) in [6.07, 6.45) is 4.94. The molecule has 0 aromatic carbocycles. The summed E-state index contributed by atoms with van der Waals surface area (Å²) in [7, 11) is 1.78. The molecule has 0 heterocycles. The Morgan fingerprint density at radius 1 is 1.53 bits per heavy atom. The largest absolute Gasteiger partial charge is 0.383 e. The van der Waals surface area contributed by atoms with E-state index >= 15 is 0 Å². The summed E-state index contributed by atoms with van der Waals surface area (Å²) in [5.74, 6) is 0. The van der Waals surface area contributed by atoms with Crippen molar-refractivity contribution in [1.29, 1.82) is 0 Å². The number of nitrogens with two attached hydrogens (primary N) is 1. The van der Waals surface area contributed by atoms with Crippen molar-refractivity contribution < 1.29 is 4.74 Å². The van der Waals surface area contributed by atoms with Gasteiger partial charge in [0.05, 0.1) is 6.61 Å². The van der Waals surface area contributed by atoms with E-state index in [1.54, 1.807) is 7.11 Å². The van der Waals surface area contributed by atoms with Gasteiger partial charge >= 0.3 is 0 Å². The van der Waals surface area contributed by atoms with Crippen molar-refractivity contribution in [2.75, 3.05) is 26.8 Å². The van der Waals surface area contributed by atoms with Crippen LogP contribution in [0.3, 0.4) is 0 Å². The number of methoxy groups -OCH3 is 1. The van der Waals surface area contributed by atoms with Gasteiger partial charge in [-0.1, -0.05) is 20.3 Å². The molecule has 1 aliphatic carbocycles. The molecule has 0 aromatic rings. The first-order chi connectivity index (χ1) is 8.03. The highest BCUT2D eigenvalue weighted by Crippen LogP contribution is 2.37. The first kappa shape index (κ1) is 14.9. The summed E-state index contributed by atoms with van der Waals surface area (Å²) < 4.78 is 5.22. The smallest absolute Gasteiger partial charge is 0.0589 e. The molecule has 102 valence electrons. The lowest BCUT2D eigenvalue weighted by atomic mass is 9.84.